The maximum absolute atomic E-state index is 14.0. The quantitative estimate of drug-likeness (QED) is 0.438. The van der Waals surface area contributed by atoms with Crippen LogP contribution in [0.5, 0.6) is 0 Å². The van der Waals surface area contributed by atoms with Gasteiger partial charge in [-0.25, -0.2) is 4.39 Å². The zero-order valence-corrected chi connectivity index (χ0v) is 12.6. The van der Waals surface area contributed by atoms with Gasteiger partial charge in [-0.3, -0.25) is 14.9 Å². The Morgan fingerprint density at radius 1 is 1.26 bits per heavy atom. The van der Waals surface area contributed by atoms with Gasteiger partial charge in [0.2, 0.25) is 0 Å². The molecular formula is C16H10ClFN2O3. The number of aryl methyl sites for hydroxylation is 1. The van der Waals surface area contributed by atoms with Gasteiger partial charge in [-0.2, -0.15) is 0 Å². The highest BCUT2D eigenvalue weighted by Crippen LogP contribution is 2.30. The number of benzene rings is 2. The average molecular weight is 333 g/mol. The molecule has 0 atom stereocenters. The van der Waals surface area contributed by atoms with Crippen LogP contribution in [0.15, 0.2) is 36.4 Å². The summed E-state index contributed by atoms with van der Waals surface area (Å²) in [6, 6.07) is 8.11. The van der Waals surface area contributed by atoms with E-state index >= 15 is 0 Å². The predicted octanol–water partition coefficient (Wildman–Crippen LogP) is 4.41. The summed E-state index contributed by atoms with van der Waals surface area (Å²) < 4.78 is 14.0. The molecule has 23 heavy (non-hydrogen) atoms. The van der Waals surface area contributed by atoms with Gasteiger partial charge < -0.3 is 4.98 Å². The van der Waals surface area contributed by atoms with Crippen molar-refractivity contribution in [1.82, 2.24) is 4.98 Å². The fourth-order valence-corrected chi connectivity index (χ4v) is 2.81. The van der Waals surface area contributed by atoms with Crippen LogP contribution >= 0.6 is 11.6 Å². The molecule has 0 saturated heterocycles. The third kappa shape index (κ3) is 2.47. The molecule has 0 aliphatic rings. The smallest absolute Gasteiger partial charge is 0.270 e. The van der Waals surface area contributed by atoms with Crippen molar-refractivity contribution in [1.29, 1.82) is 0 Å². The number of hydrogen-bond acceptors (Lipinski definition) is 3. The number of halogens is 2. The molecule has 1 N–H and O–H groups in total. The van der Waals surface area contributed by atoms with Crippen molar-refractivity contribution in [2.75, 3.05) is 0 Å². The number of H-pyrrole nitrogens is 1. The molecule has 0 saturated carbocycles. The van der Waals surface area contributed by atoms with Crippen LogP contribution in [0.2, 0.25) is 5.02 Å². The lowest BCUT2D eigenvalue weighted by atomic mass is 9.99. The first kappa shape index (κ1) is 15.2. The molecule has 0 unspecified atom stereocenters. The van der Waals surface area contributed by atoms with Crippen LogP contribution in [-0.4, -0.2) is 15.7 Å². The molecule has 7 heteroatoms. The Hall–Kier alpha value is -2.73. The molecule has 5 nitrogen and oxygen atoms in total. The molecule has 1 aromatic heterocycles. The number of nitro benzene ring substituents is 1. The minimum atomic E-state index is -0.735. The van der Waals surface area contributed by atoms with E-state index < -0.39 is 16.5 Å². The van der Waals surface area contributed by atoms with Crippen molar-refractivity contribution in [2.45, 2.75) is 6.92 Å². The number of nitrogens with zero attached hydrogens (tertiary/aromatic N) is 1. The van der Waals surface area contributed by atoms with Crippen LogP contribution in [0.1, 0.15) is 21.6 Å². The van der Waals surface area contributed by atoms with Gasteiger partial charge in [-0.1, -0.05) is 17.7 Å². The van der Waals surface area contributed by atoms with Crippen LogP contribution in [-0.2, 0) is 0 Å². The second-order valence-electron chi connectivity index (χ2n) is 5.04. The number of aromatic nitrogens is 1. The van der Waals surface area contributed by atoms with Gasteiger partial charge in [0.1, 0.15) is 5.82 Å². The molecule has 3 aromatic rings. The molecule has 1 heterocycles. The first-order chi connectivity index (χ1) is 10.9. The lowest BCUT2D eigenvalue weighted by Gasteiger charge is -2.05. The van der Waals surface area contributed by atoms with Crippen molar-refractivity contribution in [3.63, 3.8) is 0 Å². The van der Waals surface area contributed by atoms with Crippen molar-refractivity contribution < 1.29 is 14.1 Å². The monoisotopic (exact) mass is 332 g/mol. The zero-order valence-electron chi connectivity index (χ0n) is 11.9. The van der Waals surface area contributed by atoms with Gasteiger partial charge >= 0.3 is 0 Å². The van der Waals surface area contributed by atoms with Gasteiger partial charge in [-0.15, -0.1) is 0 Å². The summed E-state index contributed by atoms with van der Waals surface area (Å²) in [5.41, 5.74) is 0.833. The number of nitrogens with one attached hydrogen (secondary N) is 1. The number of hydrogen-bond donors (Lipinski definition) is 1. The highest BCUT2D eigenvalue weighted by molar-refractivity contribution is 6.35. The van der Waals surface area contributed by atoms with Gasteiger partial charge in [0.05, 0.1) is 21.1 Å². The second kappa shape index (κ2) is 5.48. The summed E-state index contributed by atoms with van der Waals surface area (Å²) in [6.45, 7) is 1.65. The van der Waals surface area contributed by atoms with Crippen LogP contribution in [0.25, 0.3) is 10.9 Å². The summed E-state index contributed by atoms with van der Waals surface area (Å²) in [7, 11) is 0. The fraction of sp³-hybridized carbons (Fsp3) is 0.0625. The van der Waals surface area contributed by atoms with Crippen LogP contribution in [0, 0.1) is 22.9 Å². The molecule has 0 amide bonds. The molecule has 0 aliphatic heterocycles. The first-order valence-electron chi connectivity index (χ1n) is 6.65. The van der Waals surface area contributed by atoms with Crippen LogP contribution in [0.4, 0.5) is 10.1 Å². The van der Waals surface area contributed by atoms with Crippen molar-refractivity contribution in [3.8, 4) is 0 Å². The van der Waals surface area contributed by atoms with E-state index in [0.717, 1.165) is 6.07 Å². The normalized spacial score (nSPS) is 10.9. The Kier molecular flexibility index (Phi) is 3.61. The Labute approximate surface area is 134 Å². The first-order valence-corrected chi connectivity index (χ1v) is 7.03. The van der Waals surface area contributed by atoms with Gasteiger partial charge in [0.15, 0.2) is 5.78 Å². The number of fused-ring (bicyclic) bond motifs is 1. The summed E-state index contributed by atoms with van der Waals surface area (Å²) in [4.78, 5) is 26.1. The highest BCUT2D eigenvalue weighted by atomic mass is 35.5. The van der Waals surface area contributed by atoms with Crippen molar-refractivity contribution in [3.05, 3.63) is 74.2 Å². The molecule has 116 valence electrons. The van der Waals surface area contributed by atoms with Crippen LogP contribution < -0.4 is 0 Å². The lowest BCUT2D eigenvalue weighted by Crippen LogP contribution is -2.06. The molecular weight excluding hydrogens is 323 g/mol. The number of carbonyl (C=O) groups is 1. The Balaban J connectivity index is 2.27. The maximum Gasteiger partial charge on any atom is 0.270 e. The van der Waals surface area contributed by atoms with Gasteiger partial charge in [0.25, 0.3) is 5.69 Å². The Morgan fingerprint density at radius 2 is 2.00 bits per heavy atom. The summed E-state index contributed by atoms with van der Waals surface area (Å²) in [6.07, 6.45) is 0. The van der Waals surface area contributed by atoms with E-state index in [1.165, 1.54) is 30.3 Å². The summed E-state index contributed by atoms with van der Waals surface area (Å²) in [5.74, 6) is -1.35. The topological polar surface area (TPSA) is 76.0 Å². The molecule has 0 radical (unpaired) electrons. The van der Waals surface area contributed by atoms with E-state index in [4.69, 9.17) is 11.6 Å². The molecule has 0 bridgehead atoms. The highest BCUT2D eigenvalue weighted by Gasteiger charge is 2.24. The SMILES string of the molecule is Cc1[nH]c2ccc([N+](=O)[O-])cc2c1C(=O)c1c(F)cccc1Cl. The average Bonchev–Trinajstić information content (AvgIpc) is 2.81. The number of nitro groups is 1. The number of carbonyl (C=O) groups excluding carboxylic acids is 1. The summed E-state index contributed by atoms with van der Waals surface area (Å²) >= 11 is 5.95. The van der Waals surface area contributed by atoms with Gasteiger partial charge in [-0.05, 0) is 25.1 Å². The molecule has 0 aliphatic carbocycles. The number of aromatic amines is 1. The number of rotatable bonds is 3. The Morgan fingerprint density at radius 3 is 2.65 bits per heavy atom. The third-order valence-electron chi connectivity index (χ3n) is 3.60. The van der Waals surface area contributed by atoms with E-state index in [2.05, 4.69) is 4.98 Å². The van der Waals surface area contributed by atoms with E-state index in [1.54, 1.807) is 6.92 Å². The fourth-order valence-electron chi connectivity index (χ4n) is 2.56. The standard InChI is InChI=1S/C16H10ClFN2O3/c1-8-14(16(21)15-11(17)3-2-4-12(15)18)10-7-9(20(22)23)5-6-13(10)19-8/h2-7,19H,1H3. The number of non-ortho nitro benzene ring substituents is 1. The molecule has 2 aromatic carbocycles. The molecule has 0 spiro atoms. The minimum absolute atomic E-state index is 0.00539. The number of ketones is 1. The second-order valence-corrected chi connectivity index (χ2v) is 5.44. The van der Waals surface area contributed by atoms with E-state index in [-0.39, 0.29) is 21.8 Å². The minimum Gasteiger partial charge on any atom is -0.358 e. The molecule has 3 rings (SSSR count). The van der Waals surface area contributed by atoms with Gasteiger partial charge in [0, 0.05) is 28.7 Å². The van der Waals surface area contributed by atoms with E-state index in [9.17, 15) is 19.3 Å². The van der Waals surface area contributed by atoms with E-state index in [1.807, 2.05) is 0 Å². The van der Waals surface area contributed by atoms with Crippen molar-refractivity contribution >= 4 is 34.0 Å². The summed E-state index contributed by atoms with van der Waals surface area (Å²) in [5, 5.41) is 11.3. The van der Waals surface area contributed by atoms with Crippen molar-refractivity contribution in [2.24, 2.45) is 0 Å². The zero-order chi connectivity index (χ0) is 16.7. The van der Waals surface area contributed by atoms with E-state index in [0.29, 0.717) is 16.6 Å². The lowest BCUT2D eigenvalue weighted by molar-refractivity contribution is -0.384. The predicted molar refractivity (Wildman–Crippen MR) is 84.5 cm³/mol. The Bertz CT molecular complexity index is 945. The third-order valence-corrected chi connectivity index (χ3v) is 3.91. The molecule has 0 fully saturated rings. The van der Waals surface area contributed by atoms with Crippen LogP contribution in [0.3, 0.4) is 0 Å². The largest absolute Gasteiger partial charge is 0.358 e. The maximum atomic E-state index is 14.0.